The molecule has 1 fully saturated rings. The minimum absolute atomic E-state index is 0.290. The van der Waals surface area contributed by atoms with Gasteiger partial charge in [0.25, 0.3) is 0 Å². The zero-order chi connectivity index (χ0) is 21.8. The highest BCUT2D eigenvalue weighted by molar-refractivity contribution is 6.05. The van der Waals surface area contributed by atoms with Crippen molar-refractivity contribution < 1.29 is 4.39 Å². The van der Waals surface area contributed by atoms with Crippen LogP contribution in [-0.2, 0) is 6.54 Å². The van der Waals surface area contributed by atoms with Gasteiger partial charge in [-0.25, -0.2) is 4.39 Å². The largest absolute Gasteiger partial charge is 0.350 e. The Hall–Kier alpha value is -3.94. The van der Waals surface area contributed by atoms with E-state index >= 15 is 0 Å². The SMILES string of the molecule is Fc1cccc(/C=C/c2nc(NCc3cccnc3)nc(NC3=NCC(C4CC4)=C3)n2)c1. The quantitative estimate of drug-likeness (QED) is 0.583. The Bertz CT molecular complexity index is 1200. The molecule has 7 nitrogen and oxygen atoms in total. The molecule has 1 saturated carbocycles. The first-order chi connectivity index (χ1) is 15.7. The van der Waals surface area contributed by atoms with Crippen molar-refractivity contribution >= 4 is 29.9 Å². The molecule has 0 unspecified atom stereocenters. The molecule has 0 spiro atoms. The summed E-state index contributed by atoms with van der Waals surface area (Å²) in [5.41, 5.74) is 3.10. The molecule has 0 amide bonds. The van der Waals surface area contributed by atoms with Gasteiger partial charge >= 0.3 is 0 Å². The molecular weight excluding hydrogens is 405 g/mol. The Morgan fingerprint density at radius 3 is 2.75 bits per heavy atom. The summed E-state index contributed by atoms with van der Waals surface area (Å²) in [6.45, 7) is 1.26. The summed E-state index contributed by atoms with van der Waals surface area (Å²) < 4.78 is 13.5. The van der Waals surface area contributed by atoms with Crippen molar-refractivity contribution in [3.63, 3.8) is 0 Å². The highest BCUT2D eigenvalue weighted by Crippen LogP contribution is 2.37. The smallest absolute Gasteiger partial charge is 0.233 e. The molecule has 2 aromatic heterocycles. The number of rotatable bonds is 7. The molecule has 0 radical (unpaired) electrons. The van der Waals surface area contributed by atoms with Gasteiger partial charge in [-0.05, 0) is 65.8 Å². The second kappa shape index (κ2) is 9.05. The van der Waals surface area contributed by atoms with Crippen LogP contribution >= 0.6 is 0 Å². The highest BCUT2D eigenvalue weighted by Gasteiger charge is 2.28. The maximum absolute atomic E-state index is 13.5. The second-order valence-electron chi connectivity index (χ2n) is 7.76. The minimum atomic E-state index is -0.290. The molecular formula is C24H22FN7. The van der Waals surface area contributed by atoms with Gasteiger partial charge in [-0.1, -0.05) is 24.3 Å². The molecule has 3 aromatic rings. The van der Waals surface area contributed by atoms with E-state index in [1.807, 2.05) is 18.2 Å². The van der Waals surface area contributed by atoms with Crippen LogP contribution < -0.4 is 10.6 Å². The zero-order valence-electron chi connectivity index (χ0n) is 17.4. The first-order valence-corrected chi connectivity index (χ1v) is 10.6. The lowest BCUT2D eigenvalue weighted by atomic mass is 10.2. The maximum Gasteiger partial charge on any atom is 0.233 e. The number of amidine groups is 1. The summed E-state index contributed by atoms with van der Waals surface area (Å²) in [5.74, 6) is 2.43. The van der Waals surface area contributed by atoms with Crippen LogP contribution in [0.4, 0.5) is 16.3 Å². The van der Waals surface area contributed by atoms with Gasteiger partial charge in [-0.15, -0.1) is 0 Å². The number of nitrogens with one attached hydrogen (secondary N) is 2. The maximum atomic E-state index is 13.5. The topological polar surface area (TPSA) is 88.0 Å². The van der Waals surface area contributed by atoms with E-state index in [-0.39, 0.29) is 5.82 Å². The molecule has 32 heavy (non-hydrogen) atoms. The van der Waals surface area contributed by atoms with Gasteiger partial charge < -0.3 is 10.6 Å². The molecule has 3 heterocycles. The molecule has 160 valence electrons. The van der Waals surface area contributed by atoms with Gasteiger partial charge in [-0.2, -0.15) is 15.0 Å². The van der Waals surface area contributed by atoms with Crippen molar-refractivity contribution in [2.24, 2.45) is 10.9 Å². The molecule has 2 aliphatic rings. The first-order valence-electron chi connectivity index (χ1n) is 10.6. The lowest BCUT2D eigenvalue weighted by Gasteiger charge is -2.08. The molecule has 0 saturated heterocycles. The van der Waals surface area contributed by atoms with Crippen LogP contribution in [0.15, 0.2) is 65.4 Å². The lowest BCUT2D eigenvalue weighted by molar-refractivity contribution is 0.627. The fourth-order valence-corrected chi connectivity index (χ4v) is 3.40. The normalized spacial score (nSPS) is 15.5. The van der Waals surface area contributed by atoms with Crippen LogP contribution in [0.2, 0.25) is 0 Å². The van der Waals surface area contributed by atoms with E-state index in [0.717, 1.165) is 23.5 Å². The van der Waals surface area contributed by atoms with Crippen molar-refractivity contribution in [1.82, 2.24) is 19.9 Å². The van der Waals surface area contributed by atoms with Crippen LogP contribution in [0.5, 0.6) is 0 Å². The van der Waals surface area contributed by atoms with Crippen LogP contribution in [-0.4, -0.2) is 32.3 Å². The predicted molar refractivity (Wildman–Crippen MR) is 123 cm³/mol. The van der Waals surface area contributed by atoms with Crippen LogP contribution in [0, 0.1) is 11.7 Å². The van der Waals surface area contributed by atoms with Gasteiger partial charge in [-0.3, -0.25) is 9.98 Å². The van der Waals surface area contributed by atoms with E-state index in [0.29, 0.717) is 30.2 Å². The monoisotopic (exact) mass is 427 g/mol. The number of hydrogen-bond acceptors (Lipinski definition) is 7. The molecule has 1 aliphatic carbocycles. The Balaban J connectivity index is 1.37. The van der Waals surface area contributed by atoms with Gasteiger partial charge in [0.1, 0.15) is 11.7 Å². The summed E-state index contributed by atoms with van der Waals surface area (Å²) in [4.78, 5) is 22.2. The Morgan fingerprint density at radius 1 is 1.03 bits per heavy atom. The molecule has 1 aliphatic heterocycles. The summed E-state index contributed by atoms with van der Waals surface area (Å²) >= 11 is 0. The third kappa shape index (κ3) is 5.21. The molecule has 2 N–H and O–H groups in total. The Kier molecular flexibility index (Phi) is 5.65. The molecule has 5 rings (SSSR count). The van der Waals surface area contributed by atoms with Crippen LogP contribution in [0.25, 0.3) is 12.2 Å². The number of pyridine rings is 1. The summed E-state index contributed by atoms with van der Waals surface area (Å²) in [6, 6.07) is 10.2. The highest BCUT2D eigenvalue weighted by atomic mass is 19.1. The van der Waals surface area contributed by atoms with Crippen LogP contribution in [0.1, 0.15) is 29.8 Å². The third-order valence-electron chi connectivity index (χ3n) is 5.20. The fourth-order valence-electron chi connectivity index (χ4n) is 3.40. The van der Waals surface area contributed by atoms with Gasteiger partial charge in [0.05, 0.1) is 6.54 Å². The number of aromatic nitrogens is 4. The summed E-state index contributed by atoms with van der Waals surface area (Å²) in [7, 11) is 0. The summed E-state index contributed by atoms with van der Waals surface area (Å²) in [6.07, 6.45) is 11.6. The van der Waals surface area contributed by atoms with Crippen molar-refractivity contribution in [3.8, 4) is 0 Å². The van der Waals surface area contributed by atoms with Crippen molar-refractivity contribution in [1.29, 1.82) is 0 Å². The Morgan fingerprint density at radius 2 is 1.94 bits per heavy atom. The number of benzene rings is 1. The number of anilines is 2. The number of halogens is 1. The molecule has 1 aromatic carbocycles. The zero-order valence-corrected chi connectivity index (χ0v) is 17.4. The van der Waals surface area contributed by atoms with Gasteiger partial charge in [0.2, 0.25) is 11.9 Å². The van der Waals surface area contributed by atoms with Crippen molar-refractivity contribution in [2.75, 3.05) is 17.2 Å². The summed E-state index contributed by atoms with van der Waals surface area (Å²) in [5, 5.41) is 6.42. The van der Waals surface area contributed by atoms with Gasteiger partial charge in [0.15, 0.2) is 5.82 Å². The number of nitrogens with zero attached hydrogens (tertiary/aromatic N) is 5. The average Bonchev–Trinajstić information content (AvgIpc) is 3.56. The third-order valence-corrected chi connectivity index (χ3v) is 5.20. The van der Waals surface area contributed by atoms with Crippen LogP contribution in [0.3, 0.4) is 0 Å². The van der Waals surface area contributed by atoms with E-state index in [9.17, 15) is 4.39 Å². The van der Waals surface area contributed by atoms with E-state index in [1.54, 1.807) is 30.6 Å². The van der Waals surface area contributed by atoms with E-state index in [4.69, 9.17) is 0 Å². The Labute approximate surface area is 185 Å². The second-order valence-corrected chi connectivity index (χ2v) is 7.76. The fraction of sp³-hybridized carbons (Fsp3) is 0.208. The predicted octanol–water partition coefficient (Wildman–Crippen LogP) is 4.35. The van der Waals surface area contributed by atoms with Crippen molar-refractivity contribution in [3.05, 3.63) is 83.2 Å². The van der Waals surface area contributed by atoms with Gasteiger partial charge in [0, 0.05) is 18.9 Å². The van der Waals surface area contributed by atoms with E-state index in [2.05, 4.69) is 41.6 Å². The molecule has 0 bridgehead atoms. The number of aliphatic imine (C=N–C) groups is 1. The van der Waals surface area contributed by atoms with E-state index < -0.39 is 0 Å². The van der Waals surface area contributed by atoms with Crippen molar-refractivity contribution in [2.45, 2.75) is 19.4 Å². The first kappa shape index (κ1) is 20.0. The lowest BCUT2D eigenvalue weighted by Crippen LogP contribution is -2.14. The van der Waals surface area contributed by atoms with E-state index in [1.165, 1.54) is 30.5 Å². The number of hydrogen-bond donors (Lipinski definition) is 2. The standard InChI is InChI=1S/C24H22FN7/c25-20-5-1-3-16(11-20)6-9-21-29-23(28-14-17-4-2-10-26-13-17)32-24(30-21)31-22-12-19(15-27-22)18-7-8-18/h1-6,9-13,18H,7-8,14-15H2,(H2,27,28,29,30,31,32)/b9-6+. The minimum Gasteiger partial charge on any atom is -0.350 e. The molecule has 8 heteroatoms. The average molecular weight is 427 g/mol. The molecule has 0 atom stereocenters.